The van der Waals surface area contributed by atoms with Crippen molar-refractivity contribution in [1.29, 1.82) is 0 Å². The number of aryl methyl sites for hydroxylation is 1. The first-order valence-corrected chi connectivity index (χ1v) is 8.83. The van der Waals surface area contributed by atoms with E-state index in [1.165, 1.54) is 18.4 Å². The van der Waals surface area contributed by atoms with Gasteiger partial charge in [0.1, 0.15) is 0 Å². The van der Waals surface area contributed by atoms with Crippen LogP contribution in [0.25, 0.3) is 0 Å². The number of carbonyl (C=O) groups is 2. The summed E-state index contributed by atoms with van der Waals surface area (Å²) in [7, 11) is 0. The zero-order chi connectivity index (χ0) is 18.1. The fourth-order valence-electron chi connectivity index (χ4n) is 2.57. The Morgan fingerprint density at radius 3 is 2.32 bits per heavy atom. The van der Waals surface area contributed by atoms with Crippen molar-refractivity contribution in [1.82, 2.24) is 5.32 Å². The molecule has 4 heteroatoms. The fraction of sp³-hybridized carbons (Fsp3) is 0.333. The van der Waals surface area contributed by atoms with Gasteiger partial charge in [-0.1, -0.05) is 43.7 Å². The summed E-state index contributed by atoms with van der Waals surface area (Å²) < 4.78 is 0. The summed E-state index contributed by atoms with van der Waals surface area (Å²) in [5.41, 5.74) is 2.66. The molecule has 1 atom stereocenters. The van der Waals surface area contributed by atoms with Gasteiger partial charge < -0.3 is 10.6 Å². The van der Waals surface area contributed by atoms with E-state index in [9.17, 15) is 9.59 Å². The molecule has 4 nitrogen and oxygen atoms in total. The van der Waals surface area contributed by atoms with Crippen LogP contribution in [0.5, 0.6) is 0 Å². The second kappa shape index (κ2) is 9.62. The number of hydrogen-bond donors (Lipinski definition) is 2. The number of unbranched alkanes of at least 4 members (excludes halogenated alkanes) is 1. The minimum atomic E-state index is -0.239. The van der Waals surface area contributed by atoms with Crippen molar-refractivity contribution in [2.45, 2.75) is 45.6 Å². The van der Waals surface area contributed by atoms with Crippen LogP contribution in [-0.2, 0) is 11.2 Å². The van der Waals surface area contributed by atoms with Gasteiger partial charge in [-0.25, -0.2) is 0 Å². The minimum absolute atomic E-state index is 0.109. The van der Waals surface area contributed by atoms with E-state index < -0.39 is 0 Å². The molecule has 1 unspecified atom stereocenters. The first-order chi connectivity index (χ1) is 12.1. The maximum atomic E-state index is 12.1. The third kappa shape index (κ3) is 6.42. The van der Waals surface area contributed by atoms with Crippen molar-refractivity contribution in [2.75, 3.05) is 5.32 Å². The lowest BCUT2D eigenvalue weighted by Gasteiger charge is -2.14. The number of anilines is 1. The van der Waals surface area contributed by atoms with Gasteiger partial charge in [-0.3, -0.25) is 9.59 Å². The van der Waals surface area contributed by atoms with Crippen LogP contribution in [0, 0.1) is 0 Å². The summed E-state index contributed by atoms with van der Waals surface area (Å²) in [6.07, 6.45) is 3.64. The van der Waals surface area contributed by atoms with Crippen molar-refractivity contribution in [3.05, 3.63) is 65.7 Å². The molecule has 0 radical (unpaired) electrons. The zero-order valence-corrected chi connectivity index (χ0v) is 14.9. The second-order valence-corrected chi connectivity index (χ2v) is 6.29. The van der Waals surface area contributed by atoms with E-state index in [0.29, 0.717) is 5.56 Å². The van der Waals surface area contributed by atoms with Gasteiger partial charge in [0.2, 0.25) is 5.91 Å². The van der Waals surface area contributed by atoms with Gasteiger partial charge in [0.15, 0.2) is 0 Å². The van der Waals surface area contributed by atoms with Crippen LogP contribution in [0.2, 0.25) is 0 Å². The number of benzene rings is 2. The Bertz CT molecular complexity index is 681. The molecule has 2 aromatic rings. The lowest BCUT2D eigenvalue weighted by Crippen LogP contribution is -2.35. The third-order valence-electron chi connectivity index (χ3n) is 3.96. The molecule has 0 saturated carbocycles. The molecule has 0 aliphatic carbocycles. The molecule has 0 aliphatic rings. The molecule has 0 aliphatic heterocycles. The molecular weight excluding hydrogens is 312 g/mol. The Morgan fingerprint density at radius 1 is 1.00 bits per heavy atom. The van der Waals surface area contributed by atoms with Crippen LogP contribution in [0.15, 0.2) is 54.6 Å². The molecular formula is C21H26N2O2. The van der Waals surface area contributed by atoms with E-state index >= 15 is 0 Å². The Kier molecular flexibility index (Phi) is 7.20. The zero-order valence-electron chi connectivity index (χ0n) is 14.9. The lowest BCUT2D eigenvalue weighted by molar-refractivity contribution is -0.116. The van der Waals surface area contributed by atoms with Crippen molar-refractivity contribution in [3.8, 4) is 0 Å². The van der Waals surface area contributed by atoms with Crippen LogP contribution >= 0.6 is 0 Å². The van der Waals surface area contributed by atoms with Crippen molar-refractivity contribution in [3.63, 3.8) is 0 Å². The second-order valence-electron chi connectivity index (χ2n) is 6.29. The van der Waals surface area contributed by atoms with E-state index in [-0.39, 0.29) is 24.3 Å². The van der Waals surface area contributed by atoms with Crippen molar-refractivity contribution >= 4 is 17.5 Å². The van der Waals surface area contributed by atoms with Crippen molar-refractivity contribution < 1.29 is 9.59 Å². The van der Waals surface area contributed by atoms with Gasteiger partial charge in [0.25, 0.3) is 5.91 Å². The van der Waals surface area contributed by atoms with Gasteiger partial charge in [-0.05, 0) is 49.6 Å². The molecule has 2 amide bonds. The smallest absolute Gasteiger partial charge is 0.251 e. The van der Waals surface area contributed by atoms with Gasteiger partial charge in [0, 0.05) is 23.7 Å². The third-order valence-corrected chi connectivity index (χ3v) is 3.96. The van der Waals surface area contributed by atoms with E-state index in [4.69, 9.17) is 0 Å². The topological polar surface area (TPSA) is 58.2 Å². The molecule has 132 valence electrons. The minimum Gasteiger partial charge on any atom is -0.349 e. The molecule has 2 aromatic carbocycles. The van der Waals surface area contributed by atoms with E-state index in [1.54, 1.807) is 12.1 Å². The van der Waals surface area contributed by atoms with E-state index in [2.05, 4.69) is 17.6 Å². The Labute approximate surface area is 149 Å². The average molecular weight is 338 g/mol. The highest BCUT2D eigenvalue weighted by molar-refractivity contribution is 5.95. The predicted molar refractivity (Wildman–Crippen MR) is 102 cm³/mol. The van der Waals surface area contributed by atoms with Gasteiger partial charge >= 0.3 is 0 Å². The monoisotopic (exact) mass is 338 g/mol. The van der Waals surface area contributed by atoms with E-state index in [1.807, 2.05) is 49.4 Å². The Balaban J connectivity index is 1.80. The van der Waals surface area contributed by atoms with Crippen molar-refractivity contribution in [2.24, 2.45) is 0 Å². The summed E-state index contributed by atoms with van der Waals surface area (Å²) in [4.78, 5) is 24.2. The fourth-order valence-corrected chi connectivity index (χ4v) is 2.57. The number of hydrogen-bond acceptors (Lipinski definition) is 2. The number of nitrogens with one attached hydrogen (secondary N) is 2. The number of rotatable bonds is 8. The highest BCUT2D eigenvalue weighted by atomic mass is 16.2. The maximum Gasteiger partial charge on any atom is 0.251 e. The number of amides is 2. The molecule has 0 bridgehead atoms. The highest BCUT2D eigenvalue weighted by Gasteiger charge is 2.13. The van der Waals surface area contributed by atoms with Crippen LogP contribution < -0.4 is 10.6 Å². The summed E-state index contributed by atoms with van der Waals surface area (Å²) >= 11 is 0. The molecule has 0 fully saturated rings. The molecule has 0 aromatic heterocycles. The molecule has 0 heterocycles. The van der Waals surface area contributed by atoms with Gasteiger partial charge in [-0.15, -0.1) is 0 Å². The average Bonchev–Trinajstić information content (AvgIpc) is 2.61. The Hall–Kier alpha value is -2.62. The standard InChI is InChI=1S/C21H26N2O2/c1-3-4-8-17-11-13-19(14-12-17)23-20(24)15-16(2)22-21(25)18-9-6-5-7-10-18/h5-7,9-14,16H,3-4,8,15H2,1-2H3,(H,22,25)(H,23,24). The SMILES string of the molecule is CCCCc1ccc(NC(=O)CC(C)NC(=O)c2ccccc2)cc1. The largest absolute Gasteiger partial charge is 0.349 e. The molecule has 2 rings (SSSR count). The number of carbonyl (C=O) groups excluding carboxylic acids is 2. The quantitative estimate of drug-likeness (QED) is 0.759. The van der Waals surface area contributed by atoms with Crippen LogP contribution in [-0.4, -0.2) is 17.9 Å². The van der Waals surface area contributed by atoms with Gasteiger partial charge in [-0.2, -0.15) is 0 Å². The summed E-state index contributed by atoms with van der Waals surface area (Å²) in [5, 5.41) is 5.72. The van der Waals surface area contributed by atoms with Crippen LogP contribution in [0.3, 0.4) is 0 Å². The molecule has 0 saturated heterocycles. The molecule has 0 spiro atoms. The summed E-state index contributed by atoms with van der Waals surface area (Å²) in [6.45, 7) is 4.00. The Morgan fingerprint density at radius 2 is 1.68 bits per heavy atom. The van der Waals surface area contributed by atoms with Crippen LogP contribution in [0.4, 0.5) is 5.69 Å². The predicted octanol–water partition coefficient (Wildman–Crippen LogP) is 4.18. The maximum absolute atomic E-state index is 12.1. The van der Waals surface area contributed by atoms with Gasteiger partial charge in [0.05, 0.1) is 0 Å². The summed E-state index contributed by atoms with van der Waals surface area (Å²) in [5.74, 6) is -0.275. The summed E-state index contributed by atoms with van der Waals surface area (Å²) in [6, 6.07) is 16.7. The first-order valence-electron chi connectivity index (χ1n) is 8.83. The van der Waals surface area contributed by atoms with Crippen LogP contribution in [0.1, 0.15) is 49.0 Å². The molecule has 25 heavy (non-hydrogen) atoms. The molecule has 2 N–H and O–H groups in total. The first kappa shape index (κ1) is 18.7. The lowest BCUT2D eigenvalue weighted by atomic mass is 10.1. The normalized spacial score (nSPS) is 11.6. The van der Waals surface area contributed by atoms with E-state index in [0.717, 1.165) is 12.1 Å². The highest BCUT2D eigenvalue weighted by Crippen LogP contribution is 2.12.